The number of nitrogens with zero attached hydrogens (tertiary/aromatic N) is 4. The van der Waals surface area contributed by atoms with Crippen molar-refractivity contribution < 1.29 is 9.18 Å². The lowest BCUT2D eigenvalue weighted by molar-refractivity contribution is 0.0674. The molecule has 0 saturated heterocycles. The van der Waals surface area contributed by atoms with E-state index in [-0.39, 0.29) is 17.8 Å². The van der Waals surface area contributed by atoms with E-state index >= 15 is 0 Å². The summed E-state index contributed by atoms with van der Waals surface area (Å²) in [5.41, 5.74) is 5.01. The molecule has 0 unspecified atom stereocenters. The maximum atomic E-state index is 13.5. The normalized spacial score (nSPS) is 15.9. The fourth-order valence-corrected chi connectivity index (χ4v) is 4.67. The Kier molecular flexibility index (Phi) is 4.74. The van der Waals surface area contributed by atoms with Crippen molar-refractivity contribution in [1.29, 1.82) is 0 Å². The van der Waals surface area contributed by atoms with Crippen LogP contribution in [0.15, 0.2) is 54.7 Å². The minimum atomic E-state index is -0.375. The van der Waals surface area contributed by atoms with Gasteiger partial charge >= 0.3 is 0 Å². The van der Waals surface area contributed by atoms with E-state index in [4.69, 9.17) is 16.7 Å². The molecule has 0 radical (unpaired) electrons. The van der Waals surface area contributed by atoms with Gasteiger partial charge in [0.15, 0.2) is 0 Å². The van der Waals surface area contributed by atoms with Crippen molar-refractivity contribution in [2.24, 2.45) is 7.05 Å². The molecule has 0 spiro atoms. The second-order valence-electron chi connectivity index (χ2n) is 7.80. The van der Waals surface area contributed by atoms with Gasteiger partial charge in [-0.05, 0) is 55.8 Å². The van der Waals surface area contributed by atoms with Gasteiger partial charge in [-0.25, -0.2) is 4.39 Å². The molecule has 4 aromatic rings. The van der Waals surface area contributed by atoms with E-state index in [9.17, 15) is 9.18 Å². The second-order valence-corrected chi connectivity index (χ2v) is 8.20. The summed E-state index contributed by atoms with van der Waals surface area (Å²) in [4.78, 5) is 19.5. The van der Waals surface area contributed by atoms with Crippen LogP contribution in [0.5, 0.6) is 0 Å². The van der Waals surface area contributed by atoms with Gasteiger partial charge in [-0.15, -0.1) is 0 Å². The topological polar surface area (TPSA) is 51.0 Å². The number of fused-ring (bicyclic) bond motifs is 2. The highest BCUT2D eigenvalue weighted by atomic mass is 35.5. The Bertz CT molecular complexity index is 1330. The number of amides is 1. The summed E-state index contributed by atoms with van der Waals surface area (Å²) < 4.78 is 15.3. The van der Waals surface area contributed by atoms with Gasteiger partial charge < -0.3 is 4.90 Å². The third-order valence-corrected chi connectivity index (χ3v) is 6.25. The van der Waals surface area contributed by atoms with Crippen molar-refractivity contribution in [2.45, 2.75) is 19.4 Å². The van der Waals surface area contributed by atoms with Crippen molar-refractivity contribution in [3.63, 3.8) is 0 Å². The van der Waals surface area contributed by atoms with E-state index in [1.807, 2.05) is 49.2 Å². The van der Waals surface area contributed by atoms with E-state index in [1.54, 1.807) is 16.9 Å². The molecule has 1 aliphatic rings. The molecule has 0 fully saturated rings. The quantitative estimate of drug-likeness (QED) is 0.436. The van der Waals surface area contributed by atoms with Crippen LogP contribution in [-0.2, 0) is 13.5 Å². The summed E-state index contributed by atoms with van der Waals surface area (Å²) in [5.74, 6) is -0.406. The first-order valence-electron chi connectivity index (χ1n) is 10.1. The number of pyridine rings is 1. The summed E-state index contributed by atoms with van der Waals surface area (Å²) in [6, 6.07) is 13.6. The molecule has 31 heavy (non-hydrogen) atoms. The fraction of sp³-hybridized carbons (Fsp3) is 0.208. The van der Waals surface area contributed by atoms with Crippen molar-refractivity contribution >= 4 is 28.4 Å². The zero-order chi connectivity index (χ0) is 21.7. The molecule has 0 N–H and O–H groups in total. The van der Waals surface area contributed by atoms with E-state index < -0.39 is 0 Å². The van der Waals surface area contributed by atoms with Crippen LogP contribution in [0.2, 0.25) is 5.02 Å². The van der Waals surface area contributed by atoms with E-state index in [0.717, 1.165) is 33.4 Å². The lowest BCUT2D eigenvalue weighted by atomic mass is 9.95. The Balaban J connectivity index is 1.50. The summed E-state index contributed by atoms with van der Waals surface area (Å²) in [6.45, 7) is 2.55. The Morgan fingerprint density at radius 3 is 2.84 bits per heavy atom. The molecule has 156 valence electrons. The zero-order valence-electron chi connectivity index (χ0n) is 17.1. The molecule has 5 rings (SSSR count). The van der Waals surface area contributed by atoms with Gasteiger partial charge in [0.2, 0.25) is 0 Å². The Morgan fingerprint density at radius 2 is 2.03 bits per heavy atom. The van der Waals surface area contributed by atoms with Crippen LogP contribution in [0.4, 0.5) is 4.39 Å². The van der Waals surface area contributed by atoms with Crippen LogP contribution in [-0.4, -0.2) is 32.1 Å². The van der Waals surface area contributed by atoms with Crippen molar-refractivity contribution in [2.75, 3.05) is 6.54 Å². The maximum Gasteiger partial charge on any atom is 0.254 e. The molecular weight excluding hydrogens is 415 g/mol. The first-order valence-corrected chi connectivity index (χ1v) is 10.5. The third kappa shape index (κ3) is 3.27. The summed E-state index contributed by atoms with van der Waals surface area (Å²) in [6.07, 6.45) is 2.39. The number of aromatic nitrogens is 3. The van der Waals surface area contributed by atoms with E-state index in [0.29, 0.717) is 23.6 Å². The molecule has 1 aliphatic heterocycles. The second kappa shape index (κ2) is 7.46. The maximum absolute atomic E-state index is 13.5. The highest BCUT2D eigenvalue weighted by Crippen LogP contribution is 2.38. The number of carbonyl (C=O) groups is 1. The average Bonchev–Trinajstić information content (AvgIpc) is 3.10. The number of aryl methyl sites for hydroxylation is 1. The van der Waals surface area contributed by atoms with Gasteiger partial charge in [0, 0.05) is 41.9 Å². The van der Waals surface area contributed by atoms with Gasteiger partial charge in [-0.1, -0.05) is 17.7 Å². The van der Waals surface area contributed by atoms with Gasteiger partial charge in [0.1, 0.15) is 5.82 Å². The lowest BCUT2D eigenvalue weighted by Crippen LogP contribution is -2.38. The van der Waals surface area contributed by atoms with E-state index in [1.165, 1.54) is 12.1 Å². The number of halogens is 2. The first-order chi connectivity index (χ1) is 14.9. The summed E-state index contributed by atoms with van der Waals surface area (Å²) in [5, 5.41) is 5.99. The summed E-state index contributed by atoms with van der Waals surface area (Å²) >= 11 is 6.33. The van der Waals surface area contributed by atoms with Crippen LogP contribution in [0.25, 0.3) is 22.2 Å². The van der Waals surface area contributed by atoms with Crippen molar-refractivity contribution in [3.8, 4) is 11.3 Å². The molecule has 2 aromatic carbocycles. The molecule has 5 nitrogen and oxygen atoms in total. The minimum absolute atomic E-state index is 0.0316. The third-order valence-electron chi connectivity index (χ3n) is 5.94. The summed E-state index contributed by atoms with van der Waals surface area (Å²) in [7, 11) is 1.85. The van der Waals surface area contributed by atoms with Crippen LogP contribution < -0.4 is 0 Å². The molecular formula is C24H20ClFN4O. The Labute approximate surface area is 184 Å². The standard InChI is InChI=1S/C24H20ClFN4O/c1-14-22-19(23(29(2)28-22)18-7-6-17(26)13-20(18)25)9-11-30(14)24(31)16-5-8-21-15(12-16)4-3-10-27-21/h3-8,10,12-14H,9,11H2,1-2H3/t14-/m0/s1. The number of carbonyl (C=O) groups excluding carboxylic acids is 1. The monoisotopic (exact) mass is 434 g/mol. The number of rotatable bonds is 2. The minimum Gasteiger partial charge on any atom is -0.330 e. The molecule has 0 bridgehead atoms. The van der Waals surface area contributed by atoms with Gasteiger partial charge in [0.25, 0.3) is 5.91 Å². The van der Waals surface area contributed by atoms with Crippen LogP contribution in [0.1, 0.15) is 34.6 Å². The molecule has 7 heteroatoms. The highest BCUT2D eigenvalue weighted by Gasteiger charge is 2.33. The van der Waals surface area contributed by atoms with Gasteiger partial charge in [-0.2, -0.15) is 5.10 Å². The van der Waals surface area contributed by atoms with Crippen LogP contribution in [0, 0.1) is 5.82 Å². The Hall–Kier alpha value is -3.25. The highest BCUT2D eigenvalue weighted by molar-refractivity contribution is 6.33. The van der Waals surface area contributed by atoms with Gasteiger partial charge in [-0.3, -0.25) is 14.5 Å². The molecule has 1 atom stereocenters. The lowest BCUT2D eigenvalue weighted by Gasteiger charge is -2.33. The molecule has 0 saturated carbocycles. The van der Waals surface area contributed by atoms with Crippen LogP contribution >= 0.6 is 11.6 Å². The number of benzene rings is 2. The largest absolute Gasteiger partial charge is 0.330 e. The number of hydrogen-bond donors (Lipinski definition) is 0. The fourth-order valence-electron chi connectivity index (χ4n) is 4.41. The molecule has 0 aliphatic carbocycles. The van der Waals surface area contributed by atoms with Gasteiger partial charge in [0.05, 0.1) is 28.0 Å². The smallest absolute Gasteiger partial charge is 0.254 e. The zero-order valence-corrected chi connectivity index (χ0v) is 17.9. The molecule has 2 aromatic heterocycles. The predicted molar refractivity (Wildman–Crippen MR) is 119 cm³/mol. The Morgan fingerprint density at radius 1 is 1.19 bits per heavy atom. The average molecular weight is 435 g/mol. The van der Waals surface area contributed by atoms with Crippen LogP contribution in [0.3, 0.4) is 0 Å². The first kappa shape index (κ1) is 19.7. The predicted octanol–water partition coefficient (Wildman–Crippen LogP) is 5.19. The SMILES string of the molecule is C[C@H]1c2nn(C)c(-c3ccc(F)cc3Cl)c2CCN1C(=O)c1ccc2ncccc2c1. The molecule has 1 amide bonds. The number of hydrogen-bond acceptors (Lipinski definition) is 3. The van der Waals surface area contributed by atoms with E-state index in [2.05, 4.69) is 4.98 Å². The van der Waals surface area contributed by atoms with Crippen molar-refractivity contribution in [1.82, 2.24) is 19.7 Å². The van der Waals surface area contributed by atoms with Crippen molar-refractivity contribution in [3.05, 3.63) is 82.4 Å². The molecule has 3 heterocycles.